The quantitative estimate of drug-likeness (QED) is 0.702. The summed E-state index contributed by atoms with van der Waals surface area (Å²) in [5.41, 5.74) is 0. The Kier molecular flexibility index (Phi) is 4.40. The van der Waals surface area contributed by atoms with Crippen molar-refractivity contribution in [2.24, 2.45) is 5.92 Å². The van der Waals surface area contributed by atoms with Crippen LogP contribution in [0.3, 0.4) is 0 Å². The van der Waals surface area contributed by atoms with Crippen LogP contribution in [-0.4, -0.2) is 73.5 Å². The molecule has 0 aromatic rings. The SMILES string of the molecule is CCN1CCN(C(=O)C2CCN(C)CC2)CC1. The van der Waals surface area contributed by atoms with Crippen molar-refractivity contribution in [3.63, 3.8) is 0 Å². The van der Waals surface area contributed by atoms with Gasteiger partial charge in [-0.2, -0.15) is 0 Å². The summed E-state index contributed by atoms with van der Waals surface area (Å²) in [7, 11) is 2.14. The molecule has 0 atom stereocenters. The summed E-state index contributed by atoms with van der Waals surface area (Å²) in [6.07, 6.45) is 2.09. The zero-order valence-electron chi connectivity index (χ0n) is 11.2. The second kappa shape index (κ2) is 5.83. The van der Waals surface area contributed by atoms with Gasteiger partial charge in [-0.3, -0.25) is 4.79 Å². The molecule has 4 nitrogen and oxygen atoms in total. The molecule has 2 aliphatic rings. The predicted octanol–water partition coefficient (Wildman–Crippen LogP) is 0.492. The van der Waals surface area contributed by atoms with E-state index in [0.717, 1.165) is 58.7 Å². The number of likely N-dealkylation sites (N-methyl/N-ethyl adjacent to an activating group) is 1. The highest BCUT2D eigenvalue weighted by Crippen LogP contribution is 2.19. The fraction of sp³-hybridized carbons (Fsp3) is 0.923. The molecule has 0 aromatic heterocycles. The first-order valence-electron chi connectivity index (χ1n) is 6.90. The smallest absolute Gasteiger partial charge is 0.225 e. The summed E-state index contributed by atoms with van der Waals surface area (Å²) in [6.45, 7) is 9.41. The second-order valence-electron chi connectivity index (χ2n) is 5.34. The fourth-order valence-electron chi connectivity index (χ4n) is 2.80. The summed E-state index contributed by atoms with van der Waals surface area (Å²) < 4.78 is 0. The summed E-state index contributed by atoms with van der Waals surface area (Å²) in [4.78, 5) is 19.2. The molecule has 0 radical (unpaired) electrons. The van der Waals surface area contributed by atoms with E-state index in [2.05, 4.69) is 28.7 Å². The van der Waals surface area contributed by atoms with Crippen molar-refractivity contribution >= 4 is 5.91 Å². The molecule has 2 aliphatic heterocycles. The van der Waals surface area contributed by atoms with Gasteiger partial charge in [0.15, 0.2) is 0 Å². The standard InChI is InChI=1S/C13H25N3O/c1-3-15-8-10-16(11-9-15)13(17)12-4-6-14(2)7-5-12/h12H,3-11H2,1-2H3. The van der Waals surface area contributed by atoms with E-state index in [1.54, 1.807) is 0 Å². The number of hydrogen-bond donors (Lipinski definition) is 0. The Morgan fingerprint density at radius 1 is 1.06 bits per heavy atom. The molecule has 2 fully saturated rings. The Hall–Kier alpha value is -0.610. The van der Waals surface area contributed by atoms with E-state index in [1.165, 1.54) is 0 Å². The van der Waals surface area contributed by atoms with Crippen molar-refractivity contribution in [1.29, 1.82) is 0 Å². The summed E-state index contributed by atoms with van der Waals surface area (Å²) in [6, 6.07) is 0. The Balaban J connectivity index is 1.80. The molecule has 4 heteroatoms. The van der Waals surface area contributed by atoms with Gasteiger partial charge in [0.1, 0.15) is 0 Å². The van der Waals surface area contributed by atoms with Gasteiger partial charge in [-0.25, -0.2) is 0 Å². The molecule has 2 saturated heterocycles. The van der Waals surface area contributed by atoms with Crippen molar-refractivity contribution in [3.8, 4) is 0 Å². The molecule has 98 valence electrons. The van der Waals surface area contributed by atoms with Gasteiger partial charge in [-0.15, -0.1) is 0 Å². The van der Waals surface area contributed by atoms with Crippen LogP contribution < -0.4 is 0 Å². The number of piperidine rings is 1. The third-order valence-corrected chi connectivity index (χ3v) is 4.20. The van der Waals surface area contributed by atoms with Gasteiger partial charge in [-0.1, -0.05) is 6.92 Å². The molecule has 0 aromatic carbocycles. The minimum Gasteiger partial charge on any atom is -0.340 e. The molecular formula is C13H25N3O. The van der Waals surface area contributed by atoms with Crippen LogP contribution >= 0.6 is 0 Å². The normalized spacial score (nSPS) is 25.2. The van der Waals surface area contributed by atoms with Gasteiger partial charge in [0, 0.05) is 32.1 Å². The largest absolute Gasteiger partial charge is 0.340 e. The minimum absolute atomic E-state index is 0.291. The number of piperazine rings is 1. The topological polar surface area (TPSA) is 26.8 Å². The van der Waals surface area contributed by atoms with Crippen molar-refractivity contribution < 1.29 is 4.79 Å². The van der Waals surface area contributed by atoms with Crippen molar-refractivity contribution in [1.82, 2.24) is 14.7 Å². The molecule has 0 N–H and O–H groups in total. The second-order valence-corrected chi connectivity index (χ2v) is 5.34. The van der Waals surface area contributed by atoms with E-state index < -0.39 is 0 Å². The number of hydrogen-bond acceptors (Lipinski definition) is 3. The Labute approximate surface area is 105 Å². The molecule has 0 bridgehead atoms. The van der Waals surface area contributed by atoms with E-state index in [4.69, 9.17) is 0 Å². The number of carbonyl (C=O) groups excluding carboxylic acids is 1. The Morgan fingerprint density at radius 2 is 1.65 bits per heavy atom. The van der Waals surface area contributed by atoms with Gasteiger partial charge in [0.25, 0.3) is 0 Å². The van der Waals surface area contributed by atoms with Crippen LogP contribution in [0.4, 0.5) is 0 Å². The zero-order chi connectivity index (χ0) is 12.3. The summed E-state index contributed by atoms with van der Waals surface area (Å²) in [5.74, 6) is 0.702. The van der Waals surface area contributed by atoms with Gasteiger partial charge < -0.3 is 14.7 Å². The van der Waals surface area contributed by atoms with Gasteiger partial charge >= 0.3 is 0 Å². The predicted molar refractivity (Wildman–Crippen MR) is 68.9 cm³/mol. The average Bonchev–Trinajstić information content (AvgIpc) is 2.39. The molecule has 0 saturated carbocycles. The van der Waals surface area contributed by atoms with E-state index in [9.17, 15) is 4.79 Å². The summed E-state index contributed by atoms with van der Waals surface area (Å²) in [5, 5.41) is 0. The lowest BCUT2D eigenvalue weighted by molar-refractivity contribution is -0.138. The van der Waals surface area contributed by atoms with Crippen molar-refractivity contribution in [2.75, 3.05) is 52.9 Å². The summed E-state index contributed by atoms with van der Waals surface area (Å²) >= 11 is 0. The monoisotopic (exact) mass is 239 g/mol. The molecular weight excluding hydrogens is 214 g/mol. The first kappa shape index (κ1) is 12.8. The first-order chi connectivity index (χ1) is 8.20. The maximum Gasteiger partial charge on any atom is 0.225 e. The number of likely N-dealkylation sites (tertiary alicyclic amines) is 1. The van der Waals surface area contributed by atoms with Crippen LogP contribution in [0.25, 0.3) is 0 Å². The van der Waals surface area contributed by atoms with Crippen LogP contribution in [-0.2, 0) is 4.79 Å². The van der Waals surface area contributed by atoms with Gasteiger partial charge in [0.2, 0.25) is 5.91 Å². The average molecular weight is 239 g/mol. The van der Waals surface area contributed by atoms with Crippen LogP contribution in [0.5, 0.6) is 0 Å². The highest BCUT2D eigenvalue weighted by atomic mass is 16.2. The lowest BCUT2D eigenvalue weighted by atomic mass is 9.95. The lowest BCUT2D eigenvalue weighted by Gasteiger charge is -2.37. The third kappa shape index (κ3) is 3.19. The van der Waals surface area contributed by atoms with E-state index in [0.29, 0.717) is 11.8 Å². The van der Waals surface area contributed by atoms with E-state index >= 15 is 0 Å². The molecule has 2 heterocycles. The molecule has 0 aliphatic carbocycles. The number of nitrogens with zero attached hydrogens (tertiary/aromatic N) is 3. The highest BCUT2D eigenvalue weighted by Gasteiger charge is 2.29. The van der Waals surface area contributed by atoms with Gasteiger partial charge in [0.05, 0.1) is 0 Å². The van der Waals surface area contributed by atoms with E-state index in [1.807, 2.05) is 0 Å². The Bertz CT molecular complexity index is 253. The third-order valence-electron chi connectivity index (χ3n) is 4.20. The van der Waals surface area contributed by atoms with Crippen LogP contribution in [0.2, 0.25) is 0 Å². The zero-order valence-corrected chi connectivity index (χ0v) is 11.2. The maximum atomic E-state index is 12.3. The van der Waals surface area contributed by atoms with Crippen molar-refractivity contribution in [3.05, 3.63) is 0 Å². The number of rotatable bonds is 2. The van der Waals surface area contributed by atoms with Gasteiger partial charge in [-0.05, 0) is 39.5 Å². The van der Waals surface area contributed by atoms with Crippen molar-refractivity contribution in [2.45, 2.75) is 19.8 Å². The Morgan fingerprint density at radius 3 is 2.18 bits per heavy atom. The minimum atomic E-state index is 0.291. The number of amides is 1. The molecule has 1 amide bonds. The van der Waals surface area contributed by atoms with Crippen LogP contribution in [0.15, 0.2) is 0 Å². The molecule has 0 unspecified atom stereocenters. The molecule has 17 heavy (non-hydrogen) atoms. The fourth-order valence-corrected chi connectivity index (χ4v) is 2.80. The molecule has 2 rings (SSSR count). The van der Waals surface area contributed by atoms with Crippen LogP contribution in [0, 0.1) is 5.92 Å². The molecule has 0 spiro atoms. The maximum absolute atomic E-state index is 12.3. The van der Waals surface area contributed by atoms with Crippen LogP contribution in [0.1, 0.15) is 19.8 Å². The first-order valence-corrected chi connectivity index (χ1v) is 6.90. The lowest BCUT2D eigenvalue weighted by Crippen LogP contribution is -2.51. The number of carbonyl (C=O) groups is 1. The highest BCUT2D eigenvalue weighted by molar-refractivity contribution is 5.79. The van der Waals surface area contributed by atoms with E-state index in [-0.39, 0.29) is 0 Å².